The topological polar surface area (TPSA) is 62.7 Å². The monoisotopic (exact) mass is 410 g/mol. The Morgan fingerprint density at radius 1 is 1.21 bits per heavy atom. The Kier molecular flexibility index (Phi) is 4.69. The standard InChI is InChI=1S/C16H9F7N2O3/c17-8-3-7(4-24-5-8)6-25-10-2-1-9(18)11(13(26)15(19,20)21)12(10)28-16(22,23)14(25)27/h1-5,13,26H,6H2/t13-/m0/s1. The van der Waals surface area contributed by atoms with Crippen LogP contribution in [0, 0.1) is 11.6 Å². The van der Waals surface area contributed by atoms with Gasteiger partial charge in [0.15, 0.2) is 11.9 Å². The number of benzene rings is 1. The van der Waals surface area contributed by atoms with Crippen molar-refractivity contribution in [3.63, 3.8) is 0 Å². The average molecular weight is 410 g/mol. The average Bonchev–Trinajstić information content (AvgIpc) is 2.57. The van der Waals surface area contributed by atoms with Gasteiger partial charge in [-0.05, 0) is 23.8 Å². The summed E-state index contributed by atoms with van der Waals surface area (Å²) in [5.41, 5.74) is -2.32. The molecule has 1 aromatic heterocycles. The first-order chi connectivity index (χ1) is 12.9. The fourth-order valence-corrected chi connectivity index (χ4v) is 2.62. The van der Waals surface area contributed by atoms with Gasteiger partial charge in [-0.25, -0.2) is 8.78 Å². The van der Waals surface area contributed by atoms with Crippen LogP contribution in [-0.2, 0) is 11.3 Å². The summed E-state index contributed by atoms with van der Waals surface area (Å²) >= 11 is 0. The van der Waals surface area contributed by atoms with Crippen LogP contribution in [0.15, 0.2) is 30.6 Å². The number of aliphatic hydroxyl groups excluding tert-OH is 1. The first kappa shape index (κ1) is 19.9. The normalized spacial score (nSPS) is 17.1. The number of halogens is 7. The van der Waals surface area contributed by atoms with Crippen molar-refractivity contribution < 1.29 is 45.4 Å². The Bertz CT molecular complexity index is 933. The van der Waals surface area contributed by atoms with Crippen molar-refractivity contribution in [3.8, 4) is 5.75 Å². The van der Waals surface area contributed by atoms with Gasteiger partial charge < -0.3 is 9.84 Å². The molecule has 1 amide bonds. The third kappa shape index (κ3) is 3.46. The molecule has 0 aliphatic carbocycles. The summed E-state index contributed by atoms with van der Waals surface area (Å²) in [6.07, 6.45) is -11.7. The zero-order valence-corrected chi connectivity index (χ0v) is 13.5. The second-order valence-corrected chi connectivity index (χ2v) is 5.78. The molecule has 2 heterocycles. The van der Waals surface area contributed by atoms with E-state index >= 15 is 0 Å². The highest BCUT2D eigenvalue weighted by Gasteiger charge is 2.53. The lowest BCUT2D eigenvalue weighted by Gasteiger charge is -2.35. The molecule has 5 nitrogen and oxygen atoms in total. The van der Waals surface area contributed by atoms with Gasteiger partial charge >= 0.3 is 18.2 Å². The molecular formula is C16H9F7N2O3. The van der Waals surface area contributed by atoms with Crippen molar-refractivity contribution in [2.24, 2.45) is 0 Å². The molecule has 1 N–H and O–H groups in total. The van der Waals surface area contributed by atoms with Gasteiger partial charge in [0.1, 0.15) is 11.6 Å². The number of amides is 1. The minimum Gasteiger partial charge on any atom is -0.422 e. The highest BCUT2D eigenvalue weighted by atomic mass is 19.4. The minimum atomic E-state index is -5.40. The second-order valence-electron chi connectivity index (χ2n) is 5.78. The third-order valence-electron chi connectivity index (χ3n) is 3.82. The lowest BCUT2D eigenvalue weighted by molar-refractivity contribution is -0.211. The van der Waals surface area contributed by atoms with Crippen molar-refractivity contribution in [2.75, 3.05) is 4.90 Å². The summed E-state index contributed by atoms with van der Waals surface area (Å²) in [6.45, 7) is -0.720. The number of hydrogen-bond donors (Lipinski definition) is 1. The number of aromatic nitrogens is 1. The van der Waals surface area contributed by atoms with Crippen LogP contribution in [0.1, 0.15) is 17.2 Å². The van der Waals surface area contributed by atoms with Crippen LogP contribution in [-0.4, -0.2) is 28.3 Å². The highest BCUT2D eigenvalue weighted by Crippen LogP contribution is 2.48. The maximum Gasteiger partial charge on any atom is 0.483 e. The molecule has 0 spiro atoms. The van der Waals surface area contributed by atoms with E-state index in [1.165, 1.54) is 0 Å². The van der Waals surface area contributed by atoms with Gasteiger partial charge in [-0.1, -0.05) is 0 Å². The SMILES string of the molecule is O=C1N(Cc2cncc(F)c2)c2ccc(F)c([C@H](O)C(F)(F)F)c2OC1(F)F. The van der Waals surface area contributed by atoms with Crippen molar-refractivity contribution in [1.29, 1.82) is 0 Å². The Morgan fingerprint density at radius 2 is 1.89 bits per heavy atom. The predicted molar refractivity (Wildman–Crippen MR) is 78.4 cm³/mol. The number of carbonyl (C=O) groups is 1. The number of pyridine rings is 1. The van der Waals surface area contributed by atoms with E-state index in [0.717, 1.165) is 24.5 Å². The quantitative estimate of drug-likeness (QED) is 0.788. The Labute approximate surface area is 152 Å². The number of alkyl halides is 5. The number of nitrogens with zero attached hydrogens (tertiary/aromatic N) is 2. The number of ether oxygens (including phenoxy) is 1. The van der Waals surface area contributed by atoms with Gasteiger partial charge in [0.25, 0.3) is 0 Å². The van der Waals surface area contributed by atoms with E-state index in [1.54, 1.807) is 0 Å². The van der Waals surface area contributed by atoms with Gasteiger partial charge in [-0.2, -0.15) is 22.0 Å². The van der Waals surface area contributed by atoms with E-state index in [4.69, 9.17) is 0 Å². The fraction of sp³-hybridized carbons (Fsp3) is 0.250. The first-order valence-corrected chi connectivity index (χ1v) is 7.47. The van der Waals surface area contributed by atoms with E-state index in [2.05, 4.69) is 9.72 Å². The fourth-order valence-electron chi connectivity index (χ4n) is 2.62. The maximum atomic E-state index is 14.0. The molecule has 0 fully saturated rings. The lowest BCUT2D eigenvalue weighted by atomic mass is 10.0. The van der Waals surface area contributed by atoms with Gasteiger partial charge in [0, 0.05) is 6.20 Å². The van der Waals surface area contributed by atoms with E-state index in [-0.39, 0.29) is 5.56 Å². The molecule has 150 valence electrons. The smallest absolute Gasteiger partial charge is 0.422 e. The number of fused-ring (bicyclic) bond motifs is 1. The number of hydrogen-bond acceptors (Lipinski definition) is 4. The molecule has 3 rings (SSSR count). The summed E-state index contributed by atoms with van der Waals surface area (Å²) in [4.78, 5) is 15.8. The zero-order chi connectivity index (χ0) is 20.9. The largest absolute Gasteiger partial charge is 0.483 e. The Hall–Kier alpha value is -2.89. The van der Waals surface area contributed by atoms with Crippen LogP contribution in [0.25, 0.3) is 0 Å². The van der Waals surface area contributed by atoms with Crippen molar-refractivity contribution in [3.05, 3.63) is 53.4 Å². The van der Waals surface area contributed by atoms with E-state index < -0.39 is 59.5 Å². The minimum absolute atomic E-state index is 0.0701. The number of carbonyl (C=O) groups excluding carboxylic acids is 1. The molecule has 0 unspecified atom stereocenters. The number of aliphatic hydroxyl groups is 1. The van der Waals surface area contributed by atoms with Crippen molar-refractivity contribution in [1.82, 2.24) is 4.98 Å². The van der Waals surface area contributed by atoms with Crippen molar-refractivity contribution >= 4 is 11.6 Å². The molecule has 12 heteroatoms. The Morgan fingerprint density at radius 3 is 2.50 bits per heavy atom. The molecule has 1 atom stereocenters. The maximum absolute atomic E-state index is 14.0. The van der Waals surface area contributed by atoms with Gasteiger partial charge in [-0.3, -0.25) is 14.7 Å². The summed E-state index contributed by atoms with van der Waals surface area (Å²) in [5, 5.41) is 9.39. The van der Waals surface area contributed by atoms with Crippen LogP contribution in [0.5, 0.6) is 5.75 Å². The molecule has 0 saturated heterocycles. The summed E-state index contributed by atoms with van der Waals surface area (Å²) in [7, 11) is 0. The lowest BCUT2D eigenvalue weighted by Crippen LogP contribution is -2.51. The molecule has 1 aliphatic rings. The molecule has 0 bridgehead atoms. The third-order valence-corrected chi connectivity index (χ3v) is 3.82. The molecule has 28 heavy (non-hydrogen) atoms. The van der Waals surface area contributed by atoms with Gasteiger partial charge in [0.2, 0.25) is 0 Å². The molecule has 2 aromatic rings. The van der Waals surface area contributed by atoms with E-state index in [0.29, 0.717) is 11.0 Å². The molecular weight excluding hydrogens is 401 g/mol. The molecule has 0 radical (unpaired) electrons. The number of anilines is 1. The Balaban J connectivity index is 2.16. The van der Waals surface area contributed by atoms with Crippen LogP contribution in [0.3, 0.4) is 0 Å². The van der Waals surface area contributed by atoms with Gasteiger partial charge in [0.05, 0.1) is 24.0 Å². The molecule has 0 saturated carbocycles. The van der Waals surface area contributed by atoms with Crippen LogP contribution in [0.4, 0.5) is 36.4 Å². The summed E-state index contributed by atoms with van der Waals surface area (Å²) in [6, 6.07) is 2.06. The van der Waals surface area contributed by atoms with E-state index in [1.807, 2.05) is 0 Å². The molecule has 1 aliphatic heterocycles. The summed E-state index contributed by atoms with van der Waals surface area (Å²) < 4.78 is 97.8. The number of rotatable bonds is 3. The zero-order valence-electron chi connectivity index (χ0n) is 13.5. The van der Waals surface area contributed by atoms with Crippen LogP contribution >= 0.6 is 0 Å². The van der Waals surface area contributed by atoms with Gasteiger partial charge in [-0.15, -0.1) is 0 Å². The van der Waals surface area contributed by atoms with Crippen molar-refractivity contribution in [2.45, 2.75) is 24.9 Å². The summed E-state index contributed by atoms with van der Waals surface area (Å²) in [5.74, 6) is -5.83. The first-order valence-electron chi connectivity index (χ1n) is 7.47. The highest BCUT2D eigenvalue weighted by molar-refractivity contribution is 6.01. The van der Waals surface area contributed by atoms with Crippen LogP contribution < -0.4 is 9.64 Å². The predicted octanol–water partition coefficient (Wildman–Crippen LogP) is 3.47. The van der Waals surface area contributed by atoms with Crippen LogP contribution in [0.2, 0.25) is 0 Å². The second kappa shape index (κ2) is 6.62. The molecule has 1 aromatic carbocycles. The van der Waals surface area contributed by atoms with E-state index in [9.17, 15) is 40.6 Å².